The van der Waals surface area contributed by atoms with E-state index in [1.807, 2.05) is 0 Å². The molecule has 4 nitrogen and oxygen atoms in total. The molecule has 0 aliphatic heterocycles. The average Bonchev–Trinajstić information content (AvgIpc) is 2.46. The van der Waals surface area contributed by atoms with E-state index in [4.69, 9.17) is 10.5 Å². The maximum absolute atomic E-state index is 9.88. The van der Waals surface area contributed by atoms with E-state index in [2.05, 4.69) is 12.1 Å². The van der Waals surface area contributed by atoms with E-state index in [-0.39, 0.29) is 6.10 Å². The van der Waals surface area contributed by atoms with Gasteiger partial charge in [0.05, 0.1) is 18.8 Å². The highest BCUT2D eigenvalue weighted by atomic mass is 16.5. The van der Waals surface area contributed by atoms with Crippen LogP contribution in [0, 0.1) is 18.1 Å². The molecule has 3 atom stereocenters. The van der Waals surface area contributed by atoms with Crippen molar-refractivity contribution in [1.82, 2.24) is 0 Å². The first kappa shape index (κ1) is 15.1. The molecule has 4 N–H and O–H groups in total. The standard InChI is InChI=1S/C16H23NO3/c17-8-7-16(19)13-4-2-6-15(10-13)20-11-12-3-1-5-14(18)9-12/h6,10,12,14,16,18-19H,1,3,5,7-9,11,17H2/t12-,14+,16+/m0/s1. The lowest BCUT2D eigenvalue weighted by Gasteiger charge is -2.25. The van der Waals surface area contributed by atoms with Crippen LogP contribution in [0.3, 0.4) is 0 Å². The van der Waals surface area contributed by atoms with Crippen molar-refractivity contribution in [3.05, 3.63) is 29.8 Å². The maximum Gasteiger partial charge on any atom is 0.128 e. The molecule has 0 radical (unpaired) electrons. The Morgan fingerprint density at radius 3 is 3.05 bits per heavy atom. The Labute approximate surface area is 120 Å². The highest BCUT2D eigenvalue weighted by Crippen LogP contribution is 2.25. The lowest BCUT2D eigenvalue weighted by atomic mass is 9.88. The molecule has 1 aromatic rings. The molecule has 1 fully saturated rings. The Kier molecular flexibility index (Phi) is 5.66. The molecule has 2 rings (SSSR count). The molecule has 0 saturated heterocycles. The van der Waals surface area contributed by atoms with Gasteiger partial charge in [-0.1, -0.05) is 18.6 Å². The summed E-state index contributed by atoms with van der Waals surface area (Å²) in [5.74, 6) is 1.09. The van der Waals surface area contributed by atoms with Crippen LogP contribution in [0.2, 0.25) is 0 Å². The van der Waals surface area contributed by atoms with Crippen molar-refractivity contribution >= 4 is 0 Å². The third kappa shape index (κ3) is 4.38. The van der Waals surface area contributed by atoms with Gasteiger partial charge in [0.1, 0.15) is 5.75 Å². The number of nitrogens with two attached hydrogens (primary N) is 1. The van der Waals surface area contributed by atoms with Crippen molar-refractivity contribution in [3.63, 3.8) is 0 Å². The number of rotatable bonds is 6. The fraction of sp³-hybridized carbons (Fsp3) is 0.625. The first-order valence-electron chi connectivity index (χ1n) is 7.31. The molecule has 1 aromatic carbocycles. The monoisotopic (exact) mass is 277 g/mol. The zero-order valence-corrected chi connectivity index (χ0v) is 11.7. The summed E-state index contributed by atoms with van der Waals surface area (Å²) >= 11 is 0. The van der Waals surface area contributed by atoms with Crippen molar-refractivity contribution in [1.29, 1.82) is 0 Å². The summed E-state index contributed by atoms with van der Waals surface area (Å²) in [6.45, 7) is 1.03. The van der Waals surface area contributed by atoms with E-state index >= 15 is 0 Å². The van der Waals surface area contributed by atoms with Crippen molar-refractivity contribution in [2.75, 3.05) is 13.2 Å². The van der Waals surface area contributed by atoms with E-state index in [0.717, 1.165) is 25.7 Å². The predicted octanol–water partition coefficient (Wildman–Crippen LogP) is 1.60. The summed E-state index contributed by atoms with van der Waals surface area (Å²) in [5, 5.41) is 19.5. The molecular formula is C16H23NO3. The summed E-state index contributed by atoms with van der Waals surface area (Å²) in [6, 6.07) is 9.26. The van der Waals surface area contributed by atoms with Crippen molar-refractivity contribution in [2.45, 2.75) is 44.3 Å². The van der Waals surface area contributed by atoms with Crippen molar-refractivity contribution in [3.8, 4) is 5.75 Å². The van der Waals surface area contributed by atoms with Crippen LogP contribution in [0.4, 0.5) is 0 Å². The second-order valence-electron chi connectivity index (χ2n) is 5.51. The Balaban J connectivity index is 1.87. The van der Waals surface area contributed by atoms with Crippen LogP contribution in [0.5, 0.6) is 5.75 Å². The zero-order chi connectivity index (χ0) is 14.4. The van der Waals surface area contributed by atoms with E-state index in [9.17, 15) is 10.2 Å². The molecule has 0 heterocycles. The van der Waals surface area contributed by atoms with Crippen molar-refractivity contribution in [2.24, 2.45) is 11.7 Å². The molecule has 20 heavy (non-hydrogen) atoms. The highest BCUT2D eigenvalue weighted by molar-refractivity contribution is 5.25. The summed E-state index contributed by atoms with van der Waals surface area (Å²) in [7, 11) is 0. The minimum atomic E-state index is -0.615. The van der Waals surface area contributed by atoms with E-state index < -0.39 is 6.10 Å². The number of ether oxygens (including phenoxy) is 1. The van der Waals surface area contributed by atoms with Crippen LogP contribution in [0.1, 0.15) is 43.8 Å². The van der Waals surface area contributed by atoms with E-state index in [1.54, 1.807) is 12.1 Å². The Bertz CT molecular complexity index is 410. The highest BCUT2D eigenvalue weighted by Gasteiger charge is 2.20. The third-order valence-corrected chi connectivity index (χ3v) is 3.77. The van der Waals surface area contributed by atoms with Gasteiger partial charge in [0.15, 0.2) is 0 Å². The summed E-state index contributed by atoms with van der Waals surface area (Å²) in [6.07, 6.45) is 3.58. The zero-order valence-electron chi connectivity index (χ0n) is 11.7. The first-order chi connectivity index (χ1) is 9.69. The van der Waals surface area contributed by atoms with Gasteiger partial charge in [-0.15, -0.1) is 0 Å². The fourth-order valence-corrected chi connectivity index (χ4v) is 2.63. The molecule has 0 amide bonds. The number of aliphatic hydroxyl groups excluding tert-OH is 2. The van der Waals surface area contributed by atoms with Crippen LogP contribution in [-0.2, 0) is 0 Å². The van der Waals surface area contributed by atoms with Crippen LogP contribution in [0.15, 0.2) is 12.1 Å². The fourth-order valence-electron chi connectivity index (χ4n) is 2.63. The molecular weight excluding hydrogens is 254 g/mol. The molecule has 0 spiro atoms. The Hall–Kier alpha value is -1.28. The number of hydrogen-bond donors (Lipinski definition) is 3. The number of hydrogen-bond acceptors (Lipinski definition) is 4. The van der Waals surface area contributed by atoms with Crippen molar-refractivity contribution < 1.29 is 14.9 Å². The third-order valence-electron chi connectivity index (χ3n) is 3.77. The molecule has 0 bridgehead atoms. The van der Waals surface area contributed by atoms with Crippen LogP contribution in [0.25, 0.3) is 0 Å². The minimum Gasteiger partial charge on any atom is -0.493 e. The largest absolute Gasteiger partial charge is 0.493 e. The first-order valence-corrected chi connectivity index (χ1v) is 7.31. The Morgan fingerprint density at radius 1 is 1.45 bits per heavy atom. The van der Waals surface area contributed by atoms with Gasteiger partial charge in [0.25, 0.3) is 0 Å². The van der Waals surface area contributed by atoms with Crippen LogP contribution >= 0.6 is 0 Å². The van der Waals surface area contributed by atoms with E-state index in [0.29, 0.717) is 36.8 Å². The summed E-state index contributed by atoms with van der Waals surface area (Å²) in [4.78, 5) is 0. The Morgan fingerprint density at radius 2 is 2.30 bits per heavy atom. The molecule has 1 saturated carbocycles. The van der Waals surface area contributed by atoms with E-state index in [1.165, 1.54) is 0 Å². The lowest BCUT2D eigenvalue weighted by Crippen LogP contribution is -2.24. The smallest absolute Gasteiger partial charge is 0.128 e. The second-order valence-corrected chi connectivity index (χ2v) is 5.51. The van der Waals surface area contributed by atoms with Crippen LogP contribution < -0.4 is 10.5 Å². The SMILES string of the molecule is NCC[C@@H](O)c1c#ccc(OC[C@H]2CCC[C@@H](O)C2)c1. The van der Waals surface area contributed by atoms with Gasteiger partial charge in [0.2, 0.25) is 0 Å². The van der Waals surface area contributed by atoms with Gasteiger partial charge in [-0.2, -0.15) is 0 Å². The molecule has 1 aliphatic carbocycles. The number of aliphatic hydroxyl groups is 2. The normalized spacial score (nSPS) is 23.9. The molecule has 0 unspecified atom stereocenters. The molecule has 0 aromatic heterocycles. The molecule has 110 valence electrons. The minimum absolute atomic E-state index is 0.185. The lowest BCUT2D eigenvalue weighted by molar-refractivity contribution is 0.0809. The van der Waals surface area contributed by atoms with Crippen LogP contribution in [-0.4, -0.2) is 29.5 Å². The van der Waals surface area contributed by atoms with Gasteiger partial charge < -0.3 is 20.7 Å². The molecule has 1 aliphatic rings. The average molecular weight is 277 g/mol. The van der Waals surface area contributed by atoms with Gasteiger partial charge >= 0.3 is 0 Å². The van der Waals surface area contributed by atoms with Gasteiger partial charge in [0, 0.05) is 11.6 Å². The maximum atomic E-state index is 9.88. The molecule has 4 heteroatoms. The second kappa shape index (κ2) is 7.49. The topological polar surface area (TPSA) is 75.7 Å². The quantitative estimate of drug-likeness (QED) is 0.738. The van der Waals surface area contributed by atoms with Gasteiger partial charge in [-0.3, -0.25) is 0 Å². The van der Waals surface area contributed by atoms with Gasteiger partial charge in [-0.05, 0) is 44.2 Å². The van der Waals surface area contributed by atoms with Gasteiger partial charge in [-0.25, -0.2) is 0 Å². The predicted molar refractivity (Wildman–Crippen MR) is 76.2 cm³/mol. The summed E-state index contributed by atoms with van der Waals surface area (Å²) < 4.78 is 5.76. The summed E-state index contributed by atoms with van der Waals surface area (Å²) in [5.41, 5.74) is 6.10.